The summed E-state index contributed by atoms with van der Waals surface area (Å²) in [6, 6.07) is 94.4. The average molecular weight is 830 g/mol. The average Bonchev–Trinajstić information content (AvgIpc) is 3.38. The van der Waals surface area contributed by atoms with Gasteiger partial charge in [0.05, 0.1) is 22.7 Å². The monoisotopic (exact) mass is 829 g/mol. The number of hydrogen-bond donors (Lipinski definition) is 0. The molecule has 0 aliphatic carbocycles. The van der Waals surface area contributed by atoms with Gasteiger partial charge in [-0.1, -0.05) is 176 Å². The van der Waals surface area contributed by atoms with Gasteiger partial charge in [-0.15, -0.1) is 0 Å². The van der Waals surface area contributed by atoms with E-state index in [1.165, 1.54) is 48.5 Å². The normalized spacial score (nSPS) is 11.4. The molecule has 0 aromatic heterocycles. The second-order valence-electron chi connectivity index (χ2n) is 16.5. The van der Waals surface area contributed by atoms with Crippen molar-refractivity contribution in [2.45, 2.75) is 0 Å². The van der Waals surface area contributed by atoms with Crippen molar-refractivity contribution in [3.05, 3.63) is 261 Å². The summed E-state index contributed by atoms with van der Waals surface area (Å²) in [6.45, 7) is 0. The van der Waals surface area contributed by atoms with Gasteiger partial charge in [0.2, 0.25) is 0 Å². The summed E-state index contributed by atoms with van der Waals surface area (Å²) in [5.74, 6) is 0. The van der Waals surface area contributed by atoms with E-state index in [1.54, 1.807) is 0 Å². The predicted octanol–water partition coefficient (Wildman–Crippen LogP) is 17.9. The minimum absolute atomic E-state index is 1.10. The maximum absolute atomic E-state index is 2.41. The summed E-state index contributed by atoms with van der Waals surface area (Å²) in [5, 5.41) is 12.0. The summed E-state index contributed by atoms with van der Waals surface area (Å²) in [5.41, 5.74) is 10.1. The van der Waals surface area contributed by atoms with Crippen molar-refractivity contribution in [1.29, 1.82) is 0 Å². The van der Waals surface area contributed by atoms with E-state index in [4.69, 9.17) is 0 Å². The summed E-state index contributed by atoms with van der Waals surface area (Å²) >= 11 is 0. The standard InChI is InChI=1S/C62H43N3/c1-4-22-48(23-5-1)63(59-32-16-20-44-18-10-12-28-55(44)59)51-36-38-53-46(42-51)34-35-47-43-52(37-39-54(47)53)64(49-24-6-2-7-25-49)61-40-41-62(58-31-15-14-30-57(58)61)65(50-26-8-3-9-27-50)60-33-17-21-45-19-11-13-29-56(45)60/h1-43H. The summed E-state index contributed by atoms with van der Waals surface area (Å²) in [4.78, 5) is 7.20. The van der Waals surface area contributed by atoms with Crippen LogP contribution in [0.4, 0.5) is 51.2 Å². The maximum Gasteiger partial charge on any atom is 0.0541 e. The molecule has 12 aromatic rings. The van der Waals surface area contributed by atoms with Crippen LogP contribution in [0.15, 0.2) is 261 Å². The molecular weight excluding hydrogens is 787 g/mol. The van der Waals surface area contributed by atoms with Crippen molar-refractivity contribution >= 4 is 105 Å². The molecule has 306 valence electrons. The highest BCUT2D eigenvalue weighted by Crippen LogP contribution is 2.47. The smallest absolute Gasteiger partial charge is 0.0541 e. The lowest BCUT2D eigenvalue weighted by molar-refractivity contribution is 1.28. The molecule has 0 saturated carbocycles. The van der Waals surface area contributed by atoms with E-state index in [0.29, 0.717) is 0 Å². The molecule has 0 unspecified atom stereocenters. The molecule has 0 saturated heterocycles. The predicted molar refractivity (Wildman–Crippen MR) is 278 cm³/mol. The van der Waals surface area contributed by atoms with Crippen LogP contribution in [0.25, 0.3) is 53.9 Å². The molecule has 0 aliphatic rings. The van der Waals surface area contributed by atoms with Crippen LogP contribution in [-0.4, -0.2) is 0 Å². The first-order valence-corrected chi connectivity index (χ1v) is 22.3. The van der Waals surface area contributed by atoms with Gasteiger partial charge in [-0.05, 0) is 117 Å². The first kappa shape index (κ1) is 38.0. The lowest BCUT2D eigenvalue weighted by atomic mass is 9.99. The lowest BCUT2D eigenvalue weighted by Crippen LogP contribution is -2.13. The topological polar surface area (TPSA) is 9.72 Å². The fourth-order valence-corrected chi connectivity index (χ4v) is 9.78. The Hall–Kier alpha value is -8.66. The third-order valence-electron chi connectivity index (χ3n) is 12.7. The van der Waals surface area contributed by atoms with Crippen LogP contribution in [0.1, 0.15) is 0 Å². The summed E-state index contributed by atoms with van der Waals surface area (Å²) < 4.78 is 0. The Kier molecular flexibility index (Phi) is 9.50. The van der Waals surface area contributed by atoms with Gasteiger partial charge in [0.25, 0.3) is 0 Å². The van der Waals surface area contributed by atoms with Gasteiger partial charge in [0.1, 0.15) is 0 Å². The Bertz CT molecular complexity index is 3670. The van der Waals surface area contributed by atoms with E-state index in [1.807, 2.05) is 0 Å². The Morgan fingerprint density at radius 2 is 0.508 bits per heavy atom. The SMILES string of the molecule is c1ccc(N(c2ccc3c(ccc4cc(N(c5ccccc5)c5ccc(N(c6ccccc6)c6cccc7ccccc67)c6ccccc56)ccc43)c2)c2cccc3ccccc23)cc1. The van der Waals surface area contributed by atoms with E-state index < -0.39 is 0 Å². The van der Waals surface area contributed by atoms with Crippen LogP contribution < -0.4 is 14.7 Å². The second-order valence-corrected chi connectivity index (χ2v) is 16.5. The summed E-state index contributed by atoms with van der Waals surface area (Å²) in [6.07, 6.45) is 0. The molecular formula is C62H43N3. The van der Waals surface area contributed by atoms with E-state index in [2.05, 4.69) is 276 Å². The van der Waals surface area contributed by atoms with Gasteiger partial charge < -0.3 is 14.7 Å². The summed E-state index contributed by atoms with van der Waals surface area (Å²) in [7, 11) is 0. The van der Waals surface area contributed by atoms with Crippen LogP contribution in [0.2, 0.25) is 0 Å². The van der Waals surface area contributed by atoms with Gasteiger partial charge in [-0.3, -0.25) is 0 Å². The quantitative estimate of drug-likeness (QED) is 0.134. The molecule has 0 aliphatic heterocycles. The van der Waals surface area contributed by atoms with Gasteiger partial charge in [-0.25, -0.2) is 0 Å². The molecule has 12 rings (SSSR count). The Balaban J connectivity index is 0.990. The Labute approximate surface area is 378 Å². The Morgan fingerprint density at radius 3 is 0.969 bits per heavy atom. The number of benzene rings is 12. The minimum atomic E-state index is 1.10. The molecule has 0 spiro atoms. The van der Waals surface area contributed by atoms with Gasteiger partial charge in [-0.2, -0.15) is 0 Å². The van der Waals surface area contributed by atoms with Crippen LogP contribution >= 0.6 is 0 Å². The van der Waals surface area contributed by atoms with Crippen molar-refractivity contribution in [2.75, 3.05) is 14.7 Å². The Morgan fingerprint density at radius 1 is 0.169 bits per heavy atom. The van der Waals surface area contributed by atoms with Crippen LogP contribution in [0.3, 0.4) is 0 Å². The van der Waals surface area contributed by atoms with Crippen molar-refractivity contribution < 1.29 is 0 Å². The maximum atomic E-state index is 2.41. The first-order valence-electron chi connectivity index (χ1n) is 22.3. The first-order chi connectivity index (χ1) is 32.3. The molecule has 65 heavy (non-hydrogen) atoms. The largest absolute Gasteiger partial charge is 0.310 e. The number of nitrogens with zero attached hydrogens (tertiary/aromatic N) is 3. The molecule has 0 atom stereocenters. The van der Waals surface area contributed by atoms with Crippen LogP contribution in [0, 0.1) is 0 Å². The van der Waals surface area contributed by atoms with Crippen molar-refractivity contribution in [2.24, 2.45) is 0 Å². The molecule has 0 heterocycles. The number of fused-ring (bicyclic) bond motifs is 6. The van der Waals surface area contributed by atoms with Crippen molar-refractivity contribution in [3.63, 3.8) is 0 Å². The third-order valence-corrected chi connectivity index (χ3v) is 12.7. The molecule has 0 fully saturated rings. The zero-order valence-electron chi connectivity index (χ0n) is 35.7. The number of para-hydroxylation sites is 3. The molecule has 0 amide bonds. The van der Waals surface area contributed by atoms with Crippen LogP contribution in [-0.2, 0) is 0 Å². The highest BCUT2D eigenvalue weighted by Gasteiger charge is 2.22. The number of anilines is 9. The minimum Gasteiger partial charge on any atom is -0.310 e. The molecule has 0 radical (unpaired) electrons. The fraction of sp³-hybridized carbons (Fsp3) is 0. The van der Waals surface area contributed by atoms with E-state index in [9.17, 15) is 0 Å². The zero-order valence-corrected chi connectivity index (χ0v) is 35.7. The lowest BCUT2D eigenvalue weighted by Gasteiger charge is -2.31. The van der Waals surface area contributed by atoms with Gasteiger partial charge in [0.15, 0.2) is 0 Å². The molecule has 3 heteroatoms. The fourth-order valence-electron chi connectivity index (χ4n) is 9.78. The van der Waals surface area contributed by atoms with Crippen molar-refractivity contribution in [1.82, 2.24) is 0 Å². The van der Waals surface area contributed by atoms with E-state index in [-0.39, 0.29) is 0 Å². The molecule has 12 aromatic carbocycles. The van der Waals surface area contributed by atoms with Crippen molar-refractivity contribution in [3.8, 4) is 0 Å². The number of hydrogen-bond acceptors (Lipinski definition) is 3. The van der Waals surface area contributed by atoms with E-state index in [0.717, 1.165) is 56.6 Å². The van der Waals surface area contributed by atoms with E-state index >= 15 is 0 Å². The third kappa shape index (κ3) is 6.78. The molecule has 3 nitrogen and oxygen atoms in total. The van der Waals surface area contributed by atoms with Gasteiger partial charge >= 0.3 is 0 Å². The zero-order chi connectivity index (χ0) is 43.1. The molecule has 0 bridgehead atoms. The second kappa shape index (κ2) is 16.2. The van der Waals surface area contributed by atoms with Gasteiger partial charge in [0, 0.05) is 50.0 Å². The molecule has 0 N–H and O–H groups in total. The highest BCUT2D eigenvalue weighted by atomic mass is 15.2. The number of rotatable bonds is 9. The highest BCUT2D eigenvalue weighted by molar-refractivity contribution is 6.12. The van der Waals surface area contributed by atoms with Crippen LogP contribution in [0.5, 0.6) is 0 Å².